The lowest BCUT2D eigenvalue weighted by Gasteiger charge is -2.31. The standard InChI is InChI=1S/C16H23NO3S/c1-13-4-3-5-14(12-13)6-7-16(18)17-10-8-15(9-11-17)21(2,19)20/h3-5,12,15H,6-11H2,1-2H3. The first kappa shape index (κ1) is 16.0. The van der Waals surface area contributed by atoms with E-state index in [-0.39, 0.29) is 11.2 Å². The Morgan fingerprint density at radius 3 is 2.52 bits per heavy atom. The van der Waals surface area contributed by atoms with Gasteiger partial charge in [-0.05, 0) is 31.7 Å². The molecule has 0 spiro atoms. The first-order valence-electron chi connectivity index (χ1n) is 7.38. The molecule has 0 unspecified atom stereocenters. The van der Waals surface area contributed by atoms with Crippen molar-refractivity contribution >= 4 is 15.7 Å². The average Bonchev–Trinajstić information content (AvgIpc) is 2.44. The minimum absolute atomic E-state index is 0.128. The predicted molar refractivity (Wildman–Crippen MR) is 83.9 cm³/mol. The van der Waals surface area contributed by atoms with E-state index in [1.165, 1.54) is 17.4 Å². The summed E-state index contributed by atoms with van der Waals surface area (Å²) in [5, 5.41) is -0.279. The van der Waals surface area contributed by atoms with Crippen molar-refractivity contribution in [2.75, 3.05) is 19.3 Å². The molecule has 1 aliphatic heterocycles. The third-order valence-corrected chi connectivity index (χ3v) is 5.79. The summed E-state index contributed by atoms with van der Waals surface area (Å²) in [6, 6.07) is 8.19. The minimum Gasteiger partial charge on any atom is -0.343 e. The SMILES string of the molecule is Cc1cccc(CCC(=O)N2CCC(S(C)(=O)=O)CC2)c1. The molecule has 1 heterocycles. The van der Waals surface area contributed by atoms with Gasteiger partial charge in [-0.2, -0.15) is 0 Å². The molecule has 0 bridgehead atoms. The molecule has 1 fully saturated rings. The van der Waals surface area contributed by atoms with Crippen molar-refractivity contribution in [2.45, 2.75) is 37.9 Å². The van der Waals surface area contributed by atoms with Crippen molar-refractivity contribution in [3.8, 4) is 0 Å². The van der Waals surface area contributed by atoms with Gasteiger partial charge in [-0.25, -0.2) is 8.42 Å². The molecule has 0 saturated carbocycles. The molecule has 0 aromatic heterocycles. The van der Waals surface area contributed by atoms with Crippen molar-refractivity contribution < 1.29 is 13.2 Å². The van der Waals surface area contributed by atoms with Crippen LogP contribution >= 0.6 is 0 Å². The van der Waals surface area contributed by atoms with Gasteiger partial charge in [-0.3, -0.25) is 4.79 Å². The zero-order chi connectivity index (χ0) is 15.5. The van der Waals surface area contributed by atoms with Gasteiger partial charge in [-0.1, -0.05) is 29.8 Å². The van der Waals surface area contributed by atoms with Crippen LogP contribution in [0.5, 0.6) is 0 Å². The summed E-state index contributed by atoms with van der Waals surface area (Å²) in [6.45, 7) is 3.16. The largest absolute Gasteiger partial charge is 0.343 e. The Morgan fingerprint density at radius 1 is 1.29 bits per heavy atom. The fourth-order valence-electron chi connectivity index (χ4n) is 2.81. The molecule has 1 amide bonds. The molecular formula is C16H23NO3S. The Balaban J connectivity index is 1.83. The van der Waals surface area contributed by atoms with Crippen molar-refractivity contribution in [3.63, 3.8) is 0 Å². The smallest absolute Gasteiger partial charge is 0.222 e. The van der Waals surface area contributed by atoms with Gasteiger partial charge in [0, 0.05) is 25.8 Å². The summed E-state index contributed by atoms with van der Waals surface area (Å²) < 4.78 is 23.0. The number of amides is 1. The summed E-state index contributed by atoms with van der Waals surface area (Å²) in [7, 11) is -2.97. The number of likely N-dealkylation sites (tertiary alicyclic amines) is 1. The number of nitrogens with zero attached hydrogens (tertiary/aromatic N) is 1. The van der Waals surface area contributed by atoms with E-state index in [4.69, 9.17) is 0 Å². The normalized spacial score (nSPS) is 17.0. The first-order valence-corrected chi connectivity index (χ1v) is 9.34. The highest BCUT2D eigenvalue weighted by Crippen LogP contribution is 2.18. The number of hydrogen-bond acceptors (Lipinski definition) is 3. The average molecular weight is 309 g/mol. The van der Waals surface area contributed by atoms with Crippen LogP contribution in [0.3, 0.4) is 0 Å². The molecule has 0 aliphatic carbocycles. The van der Waals surface area contributed by atoms with Gasteiger partial charge in [0.1, 0.15) is 9.84 Å². The van der Waals surface area contributed by atoms with E-state index >= 15 is 0 Å². The molecule has 5 heteroatoms. The Hall–Kier alpha value is -1.36. The number of aryl methyl sites for hydroxylation is 2. The monoisotopic (exact) mass is 309 g/mol. The van der Waals surface area contributed by atoms with Gasteiger partial charge >= 0.3 is 0 Å². The van der Waals surface area contributed by atoms with Crippen LogP contribution in [0.15, 0.2) is 24.3 Å². The number of carbonyl (C=O) groups excluding carboxylic acids is 1. The van der Waals surface area contributed by atoms with Crippen LogP contribution in [-0.4, -0.2) is 43.8 Å². The first-order chi connectivity index (χ1) is 9.86. The number of sulfone groups is 1. The molecule has 1 aromatic carbocycles. The molecule has 0 atom stereocenters. The van der Waals surface area contributed by atoms with Crippen LogP contribution in [0, 0.1) is 6.92 Å². The van der Waals surface area contributed by atoms with Gasteiger partial charge in [0.2, 0.25) is 5.91 Å². The number of hydrogen-bond donors (Lipinski definition) is 0. The fourth-order valence-corrected chi connectivity index (χ4v) is 3.88. The lowest BCUT2D eigenvalue weighted by Crippen LogP contribution is -2.42. The van der Waals surface area contributed by atoms with Crippen molar-refractivity contribution in [3.05, 3.63) is 35.4 Å². The van der Waals surface area contributed by atoms with Crippen molar-refractivity contribution in [2.24, 2.45) is 0 Å². The number of piperidine rings is 1. The summed E-state index contributed by atoms with van der Waals surface area (Å²) in [4.78, 5) is 14.0. The van der Waals surface area contributed by atoms with E-state index in [0.717, 1.165) is 6.42 Å². The Morgan fingerprint density at radius 2 is 1.95 bits per heavy atom. The van der Waals surface area contributed by atoms with E-state index in [1.807, 2.05) is 25.1 Å². The lowest BCUT2D eigenvalue weighted by atomic mass is 10.1. The molecule has 0 radical (unpaired) electrons. The molecular weight excluding hydrogens is 286 g/mol. The number of rotatable bonds is 4. The summed E-state index contributed by atoms with van der Waals surface area (Å²) in [6.07, 6.45) is 3.65. The quantitative estimate of drug-likeness (QED) is 0.854. The van der Waals surface area contributed by atoms with Crippen LogP contribution in [0.1, 0.15) is 30.4 Å². The molecule has 1 aliphatic rings. The third-order valence-electron chi connectivity index (χ3n) is 4.11. The van der Waals surface area contributed by atoms with Gasteiger partial charge < -0.3 is 4.90 Å². The van der Waals surface area contributed by atoms with Crippen molar-refractivity contribution in [1.82, 2.24) is 4.90 Å². The van der Waals surface area contributed by atoms with Gasteiger partial charge in [0.25, 0.3) is 0 Å². The molecule has 116 valence electrons. The maximum atomic E-state index is 12.2. The van der Waals surface area contributed by atoms with E-state index in [0.29, 0.717) is 32.4 Å². The number of benzene rings is 1. The zero-order valence-electron chi connectivity index (χ0n) is 12.7. The van der Waals surface area contributed by atoms with Crippen LogP contribution in [0.2, 0.25) is 0 Å². The Kier molecular flexibility index (Phi) is 5.04. The lowest BCUT2D eigenvalue weighted by molar-refractivity contribution is -0.132. The Labute approximate surface area is 127 Å². The van der Waals surface area contributed by atoms with E-state index in [9.17, 15) is 13.2 Å². The molecule has 2 rings (SSSR count). The molecule has 1 aromatic rings. The molecule has 0 N–H and O–H groups in total. The molecule has 4 nitrogen and oxygen atoms in total. The predicted octanol–water partition coefficient (Wildman–Crippen LogP) is 1.96. The van der Waals surface area contributed by atoms with E-state index in [1.54, 1.807) is 4.90 Å². The Bertz CT molecular complexity index is 602. The maximum absolute atomic E-state index is 12.2. The zero-order valence-corrected chi connectivity index (χ0v) is 13.5. The van der Waals surface area contributed by atoms with Gasteiger partial charge in [0.05, 0.1) is 5.25 Å². The fraction of sp³-hybridized carbons (Fsp3) is 0.562. The van der Waals surface area contributed by atoms with E-state index in [2.05, 4.69) is 6.07 Å². The summed E-state index contributed by atoms with van der Waals surface area (Å²) >= 11 is 0. The summed E-state index contributed by atoms with van der Waals surface area (Å²) in [5.41, 5.74) is 2.38. The third kappa shape index (κ3) is 4.56. The van der Waals surface area contributed by atoms with Crippen LogP contribution in [-0.2, 0) is 21.1 Å². The molecule has 21 heavy (non-hydrogen) atoms. The van der Waals surface area contributed by atoms with Crippen molar-refractivity contribution in [1.29, 1.82) is 0 Å². The van der Waals surface area contributed by atoms with Crippen LogP contribution in [0.25, 0.3) is 0 Å². The highest BCUT2D eigenvalue weighted by atomic mass is 32.2. The highest BCUT2D eigenvalue weighted by Gasteiger charge is 2.28. The van der Waals surface area contributed by atoms with Gasteiger partial charge in [-0.15, -0.1) is 0 Å². The highest BCUT2D eigenvalue weighted by molar-refractivity contribution is 7.91. The second-order valence-corrected chi connectivity index (χ2v) is 8.22. The second kappa shape index (κ2) is 6.60. The topological polar surface area (TPSA) is 54.5 Å². The van der Waals surface area contributed by atoms with Crippen LogP contribution < -0.4 is 0 Å². The van der Waals surface area contributed by atoms with Crippen LogP contribution in [0.4, 0.5) is 0 Å². The molecule has 1 saturated heterocycles. The summed E-state index contributed by atoms with van der Waals surface area (Å²) in [5.74, 6) is 0.128. The van der Waals surface area contributed by atoms with E-state index < -0.39 is 9.84 Å². The second-order valence-electron chi connectivity index (χ2n) is 5.90. The maximum Gasteiger partial charge on any atom is 0.222 e. The number of carbonyl (C=O) groups is 1. The van der Waals surface area contributed by atoms with Gasteiger partial charge in [0.15, 0.2) is 0 Å². The minimum atomic E-state index is -2.97.